The van der Waals surface area contributed by atoms with Gasteiger partial charge >= 0.3 is 5.97 Å². The third-order valence-corrected chi connectivity index (χ3v) is 3.80. The van der Waals surface area contributed by atoms with Crippen molar-refractivity contribution in [2.24, 2.45) is 0 Å². The molecule has 0 bridgehead atoms. The molecule has 0 atom stereocenters. The molecule has 0 saturated heterocycles. The third-order valence-electron chi connectivity index (χ3n) is 2.88. The predicted molar refractivity (Wildman–Crippen MR) is 76.6 cm³/mol. The molecular formula is C15H13NO3S. The van der Waals surface area contributed by atoms with Crippen molar-refractivity contribution in [3.8, 4) is 0 Å². The lowest BCUT2D eigenvalue weighted by Gasteiger charge is -2.06. The molecule has 0 saturated carbocycles. The summed E-state index contributed by atoms with van der Waals surface area (Å²) in [6.07, 6.45) is 0.780. The fraction of sp³-hybridized carbons (Fsp3) is 0.133. The minimum absolute atomic E-state index is 0.301. The maximum atomic E-state index is 11.0. The summed E-state index contributed by atoms with van der Waals surface area (Å²) in [5, 5.41) is 9.76. The number of hydrogen-bond acceptors (Lipinski definition) is 4. The summed E-state index contributed by atoms with van der Waals surface area (Å²) >= 11 is 1.44. The number of aromatic nitrogens is 1. The molecule has 1 aromatic carbocycles. The van der Waals surface area contributed by atoms with Gasteiger partial charge in [0.2, 0.25) is 0 Å². The van der Waals surface area contributed by atoms with Crippen LogP contribution in [0.3, 0.4) is 0 Å². The smallest absolute Gasteiger partial charge is 0.335 e. The minimum Gasteiger partial charge on any atom is -0.478 e. The zero-order valence-electron chi connectivity index (χ0n) is 11.1. The van der Waals surface area contributed by atoms with Crippen LogP contribution in [-0.4, -0.2) is 22.3 Å². The van der Waals surface area contributed by atoms with E-state index in [0.717, 1.165) is 16.2 Å². The molecule has 0 aliphatic carbocycles. The Morgan fingerprint density at radius 3 is 2.55 bits per heavy atom. The highest BCUT2D eigenvalue weighted by Gasteiger charge is 2.08. The number of carbonyl (C=O) groups is 2. The van der Waals surface area contributed by atoms with Crippen molar-refractivity contribution in [2.45, 2.75) is 23.8 Å². The number of aromatic carboxylic acids is 1. The van der Waals surface area contributed by atoms with Crippen molar-refractivity contribution < 1.29 is 14.7 Å². The molecular weight excluding hydrogens is 274 g/mol. The van der Waals surface area contributed by atoms with E-state index < -0.39 is 5.97 Å². The molecule has 0 aliphatic heterocycles. The second-order valence-electron chi connectivity index (χ2n) is 4.33. The molecule has 1 heterocycles. The fourth-order valence-electron chi connectivity index (χ4n) is 1.79. The number of nitrogens with zero attached hydrogens (tertiary/aromatic N) is 1. The lowest BCUT2D eigenvalue weighted by Crippen LogP contribution is -1.99. The number of pyridine rings is 1. The SMILES string of the molecule is Cc1cc(Sc2ccc(C=O)c(C)n2)ccc1C(=O)O. The zero-order chi connectivity index (χ0) is 14.7. The standard InChI is InChI=1S/C15H13NO3S/c1-9-7-12(4-5-13(9)15(18)19)20-14-6-3-11(8-17)10(2)16-14/h3-8H,1-2H3,(H,18,19). The summed E-state index contributed by atoms with van der Waals surface area (Å²) in [6.45, 7) is 3.55. The van der Waals surface area contributed by atoms with E-state index in [1.165, 1.54) is 11.8 Å². The molecule has 0 unspecified atom stereocenters. The van der Waals surface area contributed by atoms with Crippen LogP contribution in [0.1, 0.15) is 32.0 Å². The Kier molecular flexibility index (Phi) is 4.20. The Bertz CT molecular complexity index is 683. The second-order valence-corrected chi connectivity index (χ2v) is 5.42. The first-order valence-electron chi connectivity index (χ1n) is 5.96. The number of carboxylic acid groups (broad SMARTS) is 1. The van der Waals surface area contributed by atoms with Crippen LogP contribution in [0.5, 0.6) is 0 Å². The van der Waals surface area contributed by atoms with Crippen molar-refractivity contribution in [3.05, 3.63) is 52.7 Å². The Morgan fingerprint density at radius 1 is 1.25 bits per heavy atom. The highest BCUT2D eigenvalue weighted by Crippen LogP contribution is 2.28. The highest BCUT2D eigenvalue weighted by atomic mass is 32.2. The van der Waals surface area contributed by atoms with Crippen LogP contribution in [0.15, 0.2) is 40.3 Å². The quantitative estimate of drug-likeness (QED) is 0.873. The molecule has 0 radical (unpaired) electrons. The van der Waals surface area contributed by atoms with Crippen molar-refractivity contribution in [2.75, 3.05) is 0 Å². The van der Waals surface area contributed by atoms with Crippen molar-refractivity contribution >= 4 is 24.0 Å². The van der Waals surface area contributed by atoms with E-state index in [9.17, 15) is 9.59 Å². The van der Waals surface area contributed by atoms with E-state index in [4.69, 9.17) is 5.11 Å². The number of carbonyl (C=O) groups excluding carboxylic acids is 1. The van der Waals surface area contributed by atoms with E-state index in [1.807, 2.05) is 6.07 Å². The van der Waals surface area contributed by atoms with Gasteiger partial charge in [0.15, 0.2) is 6.29 Å². The van der Waals surface area contributed by atoms with Gasteiger partial charge in [0, 0.05) is 16.2 Å². The van der Waals surface area contributed by atoms with Crippen LogP contribution < -0.4 is 0 Å². The summed E-state index contributed by atoms with van der Waals surface area (Å²) in [7, 11) is 0. The Hall–Kier alpha value is -2.14. The van der Waals surface area contributed by atoms with Gasteiger partial charge in [0.1, 0.15) is 5.03 Å². The molecule has 2 rings (SSSR count). The molecule has 4 nitrogen and oxygen atoms in total. The van der Waals surface area contributed by atoms with E-state index in [-0.39, 0.29) is 0 Å². The molecule has 0 aliphatic rings. The van der Waals surface area contributed by atoms with Crippen LogP contribution in [0.2, 0.25) is 0 Å². The molecule has 0 fully saturated rings. The number of aryl methyl sites for hydroxylation is 2. The maximum absolute atomic E-state index is 11.0. The molecule has 1 aromatic heterocycles. The van der Waals surface area contributed by atoms with Gasteiger partial charge in [0.25, 0.3) is 0 Å². The van der Waals surface area contributed by atoms with Gasteiger partial charge in [-0.05, 0) is 49.7 Å². The van der Waals surface area contributed by atoms with Crippen LogP contribution in [0.25, 0.3) is 0 Å². The monoisotopic (exact) mass is 287 g/mol. The van der Waals surface area contributed by atoms with Gasteiger partial charge in [-0.15, -0.1) is 0 Å². The number of carboxylic acids is 1. The highest BCUT2D eigenvalue weighted by molar-refractivity contribution is 7.99. The minimum atomic E-state index is -0.927. The lowest BCUT2D eigenvalue weighted by atomic mass is 10.1. The number of aldehydes is 1. The van der Waals surface area contributed by atoms with Gasteiger partial charge in [-0.25, -0.2) is 9.78 Å². The van der Waals surface area contributed by atoms with Gasteiger partial charge in [0.05, 0.1) is 5.56 Å². The molecule has 102 valence electrons. The van der Waals surface area contributed by atoms with Crippen LogP contribution >= 0.6 is 11.8 Å². The zero-order valence-corrected chi connectivity index (χ0v) is 11.9. The van der Waals surface area contributed by atoms with Gasteiger partial charge in [-0.3, -0.25) is 4.79 Å². The number of hydrogen-bond donors (Lipinski definition) is 1. The van der Waals surface area contributed by atoms with Crippen LogP contribution in [0.4, 0.5) is 0 Å². The van der Waals surface area contributed by atoms with E-state index in [0.29, 0.717) is 22.4 Å². The molecule has 0 amide bonds. The Morgan fingerprint density at radius 2 is 2.00 bits per heavy atom. The maximum Gasteiger partial charge on any atom is 0.335 e. The average molecular weight is 287 g/mol. The topological polar surface area (TPSA) is 67.3 Å². The van der Waals surface area contributed by atoms with E-state index >= 15 is 0 Å². The first-order chi connectivity index (χ1) is 9.51. The van der Waals surface area contributed by atoms with Gasteiger partial charge in [-0.2, -0.15) is 0 Å². The van der Waals surface area contributed by atoms with Crippen molar-refractivity contribution in [1.82, 2.24) is 4.98 Å². The first kappa shape index (κ1) is 14.3. The Balaban J connectivity index is 2.26. The molecule has 5 heteroatoms. The Labute approximate surface area is 120 Å². The fourth-order valence-corrected chi connectivity index (χ4v) is 2.72. The third kappa shape index (κ3) is 3.05. The van der Waals surface area contributed by atoms with Crippen molar-refractivity contribution in [1.29, 1.82) is 0 Å². The van der Waals surface area contributed by atoms with Crippen LogP contribution in [0, 0.1) is 13.8 Å². The largest absolute Gasteiger partial charge is 0.478 e. The number of rotatable bonds is 4. The van der Waals surface area contributed by atoms with Crippen molar-refractivity contribution in [3.63, 3.8) is 0 Å². The average Bonchev–Trinajstić information content (AvgIpc) is 2.38. The van der Waals surface area contributed by atoms with E-state index in [1.54, 1.807) is 38.1 Å². The molecule has 1 N–H and O–H groups in total. The van der Waals surface area contributed by atoms with Crippen LogP contribution in [-0.2, 0) is 0 Å². The summed E-state index contributed by atoms with van der Waals surface area (Å²) in [4.78, 5) is 27.0. The van der Waals surface area contributed by atoms with E-state index in [2.05, 4.69) is 4.98 Å². The first-order valence-corrected chi connectivity index (χ1v) is 6.77. The molecule has 0 spiro atoms. The normalized spacial score (nSPS) is 10.3. The summed E-state index contributed by atoms with van der Waals surface area (Å²) in [5.41, 5.74) is 2.27. The molecule has 20 heavy (non-hydrogen) atoms. The second kappa shape index (κ2) is 5.88. The summed E-state index contributed by atoms with van der Waals surface area (Å²) in [6, 6.07) is 8.68. The number of benzene rings is 1. The van der Waals surface area contributed by atoms with Gasteiger partial charge in [-0.1, -0.05) is 11.8 Å². The lowest BCUT2D eigenvalue weighted by molar-refractivity contribution is 0.0696. The summed E-state index contributed by atoms with van der Waals surface area (Å²) < 4.78 is 0. The predicted octanol–water partition coefficient (Wildman–Crippen LogP) is 3.36. The van der Waals surface area contributed by atoms with Gasteiger partial charge < -0.3 is 5.11 Å². The molecule has 2 aromatic rings. The summed E-state index contributed by atoms with van der Waals surface area (Å²) in [5.74, 6) is -0.927.